The Bertz CT molecular complexity index is 2800. The summed E-state index contributed by atoms with van der Waals surface area (Å²) in [6.07, 6.45) is 4.68. The molecule has 0 aliphatic heterocycles. The number of pyridine rings is 1. The molecule has 1 aliphatic rings. The molecule has 0 saturated heterocycles. The van der Waals surface area contributed by atoms with Crippen LogP contribution in [0, 0.1) is 12.8 Å². The van der Waals surface area contributed by atoms with Crippen LogP contribution in [0.1, 0.15) is 36.6 Å². The van der Waals surface area contributed by atoms with Crippen LogP contribution in [-0.2, 0) is 0 Å². The largest absolute Gasteiger partial charge is 0.313 e. The molecule has 0 amide bonds. The first kappa shape index (κ1) is 31.3. The molecule has 3 nitrogen and oxygen atoms in total. The van der Waals surface area contributed by atoms with E-state index in [4.69, 9.17) is 4.98 Å². The highest BCUT2D eigenvalue weighted by Gasteiger charge is 2.27. The van der Waals surface area contributed by atoms with Crippen LogP contribution in [0.15, 0.2) is 164 Å². The van der Waals surface area contributed by atoms with Crippen LogP contribution in [-0.4, -0.2) is 14.1 Å². The lowest BCUT2D eigenvalue weighted by Gasteiger charge is -2.24. The van der Waals surface area contributed by atoms with Crippen LogP contribution in [0.2, 0.25) is 0 Å². The second-order valence-electron chi connectivity index (χ2n) is 14.6. The molecule has 2 unspecified atom stereocenters. The Balaban J connectivity index is 1.07. The van der Waals surface area contributed by atoms with Crippen molar-refractivity contribution in [2.24, 2.45) is 5.92 Å². The van der Waals surface area contributed by atoms with Crippen molar-refractivity contribution in [1.82, 2.24) is 14.1 Å². The fourth-order valence-electron chi connectivity index (χ4n) is 8.35. The van der Waals surface area contributed by atoms with Crippen LogP contribution in [0.4, 0.5) is 0 Å². The fraction of sp³-hybridized carbons (Fsp3) is 0.100. The Kier molecular flexibility index (Phi) is 7.29. The lowest BCUT2D eigenvalue weighted by Crippen LogP contribution is -2.13. The quantitative estimate of drug-likeness (QED) is 0.177. The molecule has 6 aromatic carbocycles. The van der Waals surface area contributed by atoms with Crippen molar-refractivity contribution in [2.45, 2.75) is 26.7 Å². The molecule has 3 heterocycles. The van der Waals surface area contributed by atoms with E-state index in [0.717, 1.165) is 33.8 Å². The van der Waals surface area contributed by atoms with Crippen LogP contribution in [0.3, 0.4) is 0 Å². The summed E-state index contributed by atoms with van der Waals surface area (Å²) in [5.41, 5.74) is 16.4. The predicted octanol–water partition coefficient (Wildman–Crippen LogP) is 13.2. The summed E-state index contributed by atoms with van der Waals surface area (Å²) < 4.78 is 4.83. The summed E-state index contributed by atoms with van der Waals surface area (Å²) in [5.74, 6) is 0.895. The molecule has 0 fully saturated rings. The van der Waals surface area contributed by atoms with Gasteiger partial charge in [0.1, 0.15) is 0 Å². The van der Waals surface area contributed by atoms with Crippen molar-refractivity contribution in [3.05, 3.63) is 181 Å². The van der Waals surface area contributed by atoms with Crippen molar-refractivity contribution in [2.75, 3.05) is 0 Å². The first-order valence-electron chi connectivity index (χ1n) is 18.6. The van der Waals surface area contributed by atoms with E-state index >= 15 is 0 Å². The maximum Gasteiger partial charge on any atom is 0.0715 e. The zero-order chi connectivity index (χ0) is 35.6. The number of aryl methyl sites for hydroxylation is 1. The van der Waals surface area contributed by atoms with Gasteiger partial charge in [-0.15, -0.1) is 0 Å². The first-order valence-corrected chi connectivity index (χ1v) is 18.6. The van der Waals surface area contributed by atoms with Crippen LogP contribution < -0.4 is 0 Å². The number of hydrogen-bond acceptors (Lipinski definition) is 1. The third kappa shape index (κ3) is 5.15. The molecule has 0 spiro atoms. The van der Waals surface area contributed by atoms with Crippen molar-refractivity contribution < 1.29 is 0 Å². The molecular weight excluding hydrogens is 643 g/mol. The number of nitrogens with zero attached hydrogens (tertiary/aromatic N) is 3. The third-order valence-corrected chi connectivity index (χ3v) is 11.4. The molecule has 9 aromatic rings. The minimum atomic E-state index is 0.416. The lowest BCUT2D eigenvalue weighted by molar-refractivity contribution is 0.564. The standard InChI is InChI=1S/C50H39N3/c1-32-16-19-35(20-17-32)38-30-45(36-21-25-39(26-22-36)52-47-13-7-4-10-41(47)42-11-5-8-14-48(42)52)51-46(31-38)37-23-27-40(28-24-37)53-49-15-9-6-12-43(49)44-29-18-33(2)34(3)50(44)53/h4-31,33-34H,1-3H3. The summed E-state index contributed by atoms with van der Waals surface area (Å²) in [6, 6.07) is 57.2. The Morgan fingerprint density at radius 3 is 1.51 bits per heavy atom. The van der Waals surface area contributed by atoms with E-state index in [0.29, 0.717) is 11.8 Å². The van der Waals surface area contributed by atoms with Gasteiger partial charge >= 0.3 is 0 Å². The SMILES string of the molecule is Cc1ccc(-c2cc(-c3ccc(-n4c5c(c6ccccc64)C=CC(C)C5C)cc3)nc(-c3ccc(-n4c5ccccc5c5ccccc54)cc3)c2)cc1. The highest BCUT2D eigenvalue weighted by Crippen LogP contribution is 2.42. The average molecular weight is 682 g/mol. The molecule has 0 N–H and O–H groups in total. The van der Waals surface area contributed by atoms with E-state index in [-0.39, 0.29) is 0 Å². The van der Waals surface area contributed by atoms with Gasteiger partial charge in [-0.3, -0.25) is 0 Å². The number of benzene rings is 6. The number of rotatable bonds is 5. The number of para-hydroxylation sites is 3. The van der Waals surface area contributed by atoms with Gasteiger partial charge < -0.3 is 9.13 Å². The van der Waals surface area contributed by atoms with Crippen LogP contribution in [0.25, 0.3) is 83.8 Å². The second-order valence-corrected chi connectivity index (χ2v) is 14.6. The van der Waals surface area contributed by atoms with E-state index in [1.165, 1.54) is 60.8 Å². The summed E-state index contributed by atoms with van der Waals surface area (Å²) in [5, 5.41) is 3.84. The van der Waals surface area contributed by atoms with Crippen LogP contribution >= 0.6 is 0 Å². The first-order chi connectivity index (χ1) is 26.0. The van der Waals surface area contributed by atoms with Gasteiger partial charge in [0.25, 0.3) is 0 Å². The van der Waals surface area contributed by atoms with Gasteiger partial charge in [-0.2, -0.15) is 0 Å². The zero-order valence-corrected chi connectivity index (χ0v) is 30.2. The predicted molar refractivity (Wildman–Crippen MR) is 223 cm³/mol. The van der Waals surface area contributed by atoms with E-state index in [9.17, 15) is 0 Å². The monoisotopic (exact) mass is 681 g/mol. The molecule has 0 saturated carbocycles. The molecule has 10 rings (SSSR count). The van der Waals surface area contributed by atoms with E-state index in [2.05, 4.69) is 200 Å². The summed E-state index contributed by atoms with van der Waals surface area (Å²) in [6.45, 7) is 6.81. The zero-order valence-electron chi connectivity index (χ0n) is 30.2. The Morgan fingerprint density at radius 1 is 0.472 bits per heavy atom. The van der Waals surface area contributed by atoms with Gasteiger partial charge in [-0.25, -0.2) is 4.98 Å². The molecule has 2 atom stereocenters. The van der Waals surface area contributed by atoms with E-state index in [1.54, 1.807) is 0 Å². The van der Waals surface area contributed by atoms with Gasteiger partial charge in [0.05, 0.1) is 27.9 Å². The molecule has 0 radical (unpaired) electrons. The molecule has 3 heteroatoms. The van der Waals surface area contributed by atoms with Crippen LogP contribution in [0.5, 0.6) is 0 Å². The minimum Gasteiger partial charge on any atom is -0.313 e. The lowest BCUT2D eigenvalue weighted by atomic mass is 9.85. The molecule has 254 valence electrons. The summed E-state index contributed by atoms with van der Waals surface area (Å²) >= 11 is 0. The molecule has 53 heavy (non-hydrogen) atoms. The Labute approximate surface area is 310 Å². The van der Waals surface area contributed by atoms with E-state index in [1.807, 2.05) is 0 Å². The topological polar surface area (TPSA) is 22.8 Å². The maximum atomic E-state index is 5.32. The fourth-order valence-corrected chi connectivity index (χ4v) is 8.35. The average Bonchev–Trinajstić information content (AvgIpc) is 3.73. The number of allylic oxidation sites excluding steroid dienone is 1. The number of aromatic nitrogens is 3. The molecular formula is C50H39N3. The van der Waals surface area contributed by atoms with Gasteiger partial charge in [-0.1, -0.05) is 135 Å². The summed E-state index contributed by atoms with van der Waals surface area (Å²) in [4.78, 5) is 5.32. The molecule has 3 aromatic heterocycles. The Hall–Kier alpha value is -6.45. The number of hydrogen-bond donors (Lipinski definition) is 0. The highest BCUT2D eigenvalue weighted by molar-refractivity contribution is 6.09. The van der Waals surface area contributed by atoms with Gasteiger partial charge in [0, 0.05) is 55.8 Å². The van der Waals surface area contributed by atoms with Crippen molar-refractivity contribution in [3.63, 3.8) is 0 Å². The van der Waals surface area contributed by atoms with E-state index < -0.39 is 0 Å². The highest BCUT2D eigenvalue weighted by atomic mass is 15.0. The Morgan fingerprint density at radius 2 is 0.943 bits per heavy atom. The third-order valence-electron chi connectivity index (χ3n) is 11.4. The van der Waals surface area contributed by atoms with Crippen molar-refractivity contribution in [1.29, 1.82) is 0 Å². The van der Waals surface area contributed by atoms with Gasteiger partial charge in [-0.05, 0) is 78.6 Å². The van der Waals surface area contributed by atoms with Gasteiger partial charge in [0.15, 0.2) is 0 Å². The van der Waals surface area contributed by atoms with Gasteiger partial charge in [0.2, 0.25) is 0 Å². The molecule has 1 aliphatic carbocycles. The normalized spacial score (nSPS) is 15.4. The molecule has 0 bridgehead atoms. The van der Waals surface area contributed by atoms with Crippen molar-refractivity contribution >= 4 is 38.8 Å². The van der Waals surface area contributed by atoms with Crippen molar-refractivity contribution in [3.8, 4) is 45.0 Å². The smallest absolute Gasteiger partial charge is 0.0715 e. The number of fused-ring (bicyclic) bond motifs is 6. The minimum absolute atomic E-state index is 0.416. The maximum absolute atomic E-state index is 5.32. The summed E-state index contributed by atoms with van der Waals surface area (Å²) in [7, 11) is 0. The second kappa shape index (κ2) is 12.4.